The molecule has 4 rings (SSSR count). The van der Waals surface area contributed by atoms with Crippen LogP contribution < -0.4 is 10.6 Å². The van der Waals surface area contributed by atoms with Crippen LogP contribution >= 0.6 is 0 Å². The second-order valence-electron chi connectivity index (χ2n) is 8.69. The van der Waals surface area contributed by atoms with E-state index in [1.165, 1.54) is 7.11 Å². The second-order valence-corrected chi connectivity index (χ2v) is 8.69. The van der Waals surface area contributed by atoms with Crippen LogP contribution in [0.3, 0.4) is 0 Å². The van der Waals surface area contributed by atoms with E-state index in [1.807, 2.05) is 47.9 Å². The molecule has 0 aliphatic carbocycles. The maximum atomic E-state index is 13.0. The largest absolute Gasteiger partial charge is 0.464 e. The quantitative estimate of drug-likeness (QED) is 0.427. The summed E-state index contributed by atoms with van der Waals surface area (Å²) in [5.41, 5.74) is 3.12. The number of fused-ring (bicyclic) bond motifs is 1. The van der Waals surface area contributed by atoms with Crippen LogP contribution in [0.2, 0.25) is 0 Å². The standard InChI is InChI=1S/C26H32N4O5/c1-17(16-33-2)28-19-14-20-22(29-25(31)21-10-7-13-35-21)23(26(32)34-3)30(24(20)27-15-19)12-11-18-8-5-4-6-9-18/h4-6,8-9,14-15,17,21,28H,7,10-13,16H2,1-3H3,(H,29,31)/t17-,21+/m1/s1. The van der Waals surface area contributed by atoms with Crippen molar-refractivity contribution in [1.82, 2.24) is 9.55 Å². The summed E-state index contributed by atoms with van der Waals surface area (Å²) in [7, 11) is 2.98. The third kappa shape index (κ3) is 5.63. The summed E-state index contributed by atoms with van der Waals surface area (Å²) in [5.74, 6) is -0.818. The summed E-state index contributed by atoms with van der Waals surface area (Å²) in [6, 6.07) is 11.9. The van der Waals surface area contributed by atoms with E-state index >= 15 is 0 Å². The summed E-state index contributed by atoms with van der Waals surface area (Å²) in [5, 5.41) is 6.96. The Morgan fingerprint density at radius 1 is 1.26 bits per heavy atom. The van der Waals surface area contributed by atoms with Crippen LogP contribution in [-0.4, -0.2) is 61.0 Å². The predicted octanol–water partition coefficient (Wildman–Crippen LogP) is 3.63. The number of pyridine rings is 1. The van der Waals surface area contributed by atoms with Gasteiger partial charge in [0.15, 0.2) is 5.69 Å². The maximum absolute atomic E-state index is 13.0. The van der Waals surface area contributed by atoms with Crippen molar-refractivity contribution in [1.29, 1.82) is 0 Å². The van der Waals surface area contributed by atoms with Crippen molar-refractivity contribution in [2.24, 2.45) is 0 Å². The highest BCUT2D eigenvalue weighted by atomic mass is 16.5. The van der Waals surface area contributed by atoms with Crippen molar-refractivity contribution in [3.63, 3.8) is 0 Å². The molecule has 0 spiro atoms. The molecule has 186 valence electrons. The minimum atomic E-state index is -0.542. The Kier molecular flexibility index (Phi) is 7.99. The average Bonchev–Trinajstić information content (AvgIpc) is 3.50. The van der Waals surface area contributed by atoms with Gasteiger partial charge in [0, 0.05) is 31.7 Å². The Bertz CT molecular complexity index is 1170. The number of anilines is 2. The lowest BCUT2D eigenvalue weighted by molar-refractivity contribution is -0.124. The number of esters is 1. The van der Waals surface area contributed by atoms with Gasteiger partial charge in [0.2, 0.25) is 0 Å². The summed E-state index contributed by atoms with van der Waals surface area (Å²) in [6.07, 6.45) is 3.33. The molecule has 2 aromatic heterocycles. The first-order valence-electron chi connectivity index (χ1n) is 11.8. The first kappa shape index (κ1) is 24.7. The average molecular weight is 481 g/mol. The van der Waals surface area contributed by atoms with E-state index < -0.39 is 12.1 Å². The van der Waals surface area contributed by atoms with Crippen LogP contribution in [0.25, 0.3) is 11.0 Å². The van der Waals surface area contributed by atoms with Crippen LogP contribution in [0.1, 0.15) is 35.8 Å². The molecule has 0 bridgehead atoms. The molecule has 3 heterocycles. The summed E-state index contributed by atoms with van der Waals surface area (Å²) in [6.45, 7) is 3.55. The fourth-order valence-corrected chi connectivity index (χ4v) is 4.41. The first-order valence-corrected chi connectivity index (χ1v) is 11.8. The third-order valence-corrected chi connectivity index (χ3v) is 6.04. The molecule has 1 fully saturated rings. The zero-order valence-corrected chi connectivity index (χ0v) is 20.4. The van der Waals surface area contributed by atoms with E-state index in [4.69, 9.17) is 14.2 Å². The van der Waals surface area contributed by atoms with Gasteiger partial charge < -0.3 is 29.4 Å². The van der Waals surface area contributed by atoms with Crippen LogP contribution in [0.4, 0.5) is 11.4 Å². The number of aryl methyl sites for hydroxylation is 2. The smallest absolute Gasteiger partial charge is 0.356 e. The van der Waals surface area contributed by atoms with Crippen LogP contribution in [0, 0.1) is 0 Å². The van der Waals surface area contributed by atoms with Gasteiger partial charge >= 0.3 is 5.97 Å². The Balaban J connectivity index is 1.78. The maximum Gasteiger partial charge on any atom is 0.356 e. The Morgan fingerprint density at radius 2 is 2.06 bits per heavy atom. The van der Waals surface area contributed by atoms with Gasteiger partial charge in [0.05, 0.1) is 31.3 Å². The number of hydrogen-bond acceptors (Lipinski definition) is 7. The number of rotatable bonds is 10. The normalized spacial score (nSPS) is 16.3. The van der Waals surface area contributed by atoms with Crippen molar-refractivity contribution < 1.29 is 23.8 Å². The lowest BCUT2D eigenvalue weighted by atomic mass is 10.1. The molecule has 1 amide bonds. The topological polar surface area (TPSA) is 104 Å². The first-order chi connectivity index (χ1) is 17.0. The highest BCUT2D eigenvalue weighted by Gasteiger charge is 2.30. The number of amides is 1. The molecule has 1 aliphatic rings. The summed E-state index contributed by atoms with van der Waals surface area (Å²) >= 11 is 0. The van der Waals surface area contributed by atoms with Crippen molar-refractivity contribution in [2.45, 2.75) is 44.9 Å². The number of nitrogens with one attached hydrogen (secondary N) is 2. The highest BCUT2D eigenvalue weighted by Crippen LogP contribution is 2.33. The molecule has 0 saturated carbocycles. The molecule has 0 unspecified atom stereocenters. The van der Waals surface area contributed by atoms with Crippen LogP contribution in [-0.2, 0) is 32.0 Å². The van der Waals surface area contributed by atoms with Crippen LogP contribution in [0.15, 0.2) is 42.6 Å². The molecule has 0 radical (unpaired) electrons. The van der Waals surface area contributed by atoms with Gasteiger partial charge in [0.1, 0.15) is 11.8 Å². The zero-order chi connectivity index (χ0) is 24.8. The Hall–Kier alpha value is -3.43. The third-order valence-electron chi connectivity index (χ3n) is 6.04. The molecule has 2 N–H and O–H groups in total. The summed E-state index contributed by atoms with van der Waals surface area (Å²) < 4.78 is 17.7. The number of nitrogens with zero attached hydrogens (tertiary/aromatic N) is 2. The minimum Gasteiger partial charge on any atom is -0.464 e. The number of methoxy groups -OCH3 is 2. The van der Waals surface area contributed by atoms with E-state index in [-0.39, 0.29) is 17.6 Å². The molecule has 1 saturated heterocycles. The van der Waals surface area contributed by atoms with E-state index in [2.05, 4.69) is 15.6 Å². The number of aromatic nitrogens is 2. The summed E-state index contributed by atoms with van der Waals surface area (Å²) in [4.78, 5) is 30.7. The second kappa shape index (κ2) is 11.3. The van der Waals surface area contributed by atoms with Crippen molar-refractivity contribution in [3.05, 3.63) is 53.9 Å². The van der Waals surface area contributed by atoms with Gasteiger partial charge in [-0.1, -0.05) is 30.3 Å². The molecule has 2 atom stereocenters. The molecular formula is C26H32N4O5. The van der Waals surface area contributed by atoms with Gasteiger partial charge in [-0.3, -0.25) is 4.79 Å². The molecule has 1 aliphatic heterocycles. The minimum absolute atomic E-state index is 0.0458. The molecule has 9 nitrogen and oxygen atoms in total. The van der Waals surface area contributed by atoms with Crippen molar-refractivity contribution in [2.75, 3.05) is 38.1 Å². The van der Waals surface area contributed by atoms with Gasteiger partial charge in [-0.05, 0) is 37.8 Å². The Morgan fingerprint density at radius 3 is 2.74 bits per heavy atom. The number of ether oxygens (including phenoxy) is 3. The molecule has 9 heteroatoms. The highest BCUT2D eigenvalue weighted by molar-refractivity contribution is 6.12. The van der Waals surface area contributed by atoms with Gasteiger partial charge in [-0.25, -0.2) is 9.78 Å². The lowest BCUT2D eigenvalue weighted by Gasteiger charge is -2.14. The number of carbonyl (C=O) groups excluding carboxylic acids is 2. The number of hydrogen-bond donors (Lipinski definition) is 2. The van der Waals surface area contributed by atoms with Crippen molar-refractivity contribution >= 4 is 34.3 Å². The molecule has 3 aromatic rings. The number of benzene rings is 1. The monoisotopic (exact) mass is 480 g/mol. The SMILES string of the molecule is COC[C@@H](C)Nc1cnc2c(c1)c(NC(=O)[C@@H]1CCCO1)c(C(=O)OC)n2CCc1ccccc1. The van der Waals surface area contributed by atoms with E-state index in [0.717, 1.165) is 17.7 Å². The Labute approximate surface area is 204 Å². The van der Waals surface area contributed by atoms with Crippen LogP contribution in [0.5, 0.6) is 0 Å². The van der Waals surface area contributed by atoms with Crippen molar-refractivity contribution in [3.8, 4) is 0 Å². The predicted molar refractivity (Wildman–Crippen MR) is 134 cm³/mol. The fraction of sp³-hybridized carbons (Fsp3) is 0.423. The van der Waals surface area contributed by atoms with E-state index in [0.29, 0.717) is 49.3 Å². The molecule has 1 aromatic carbocycles. The lowest BCUT2D eigenvalue weighted by Crippen LogP contribution is -2.28. The fourth-order valence-electron chi connectivity index (χ4n) is 4.41. The molecular weight excluding hydrogens is 448 g/mol. The van der Waals surface area contributed by atoms with E-state index in [9.17, 15) is 9.59 Å². The zero-order valence-electron chi connectivity index (χ0n) is 20.4. The molecule has 35 heavy (non-hydrogen) atoms. The van der Waals surface area contributed by atoms with Gasteiger partial charge in [0.25, 0.3) is 5.91 Å². The number of carbonyl (C=O) groups is 2. The van der Waals surface area contributed by atoms with Gasteiger partial charge in [-0.15, -0.1) is 0 Å². The van der Waals surface area contributed by atoms with Gasteiger partial charge in [-0.2, -0.15) is 0 Å². The van der Waals surface area contributed by atoms with E-state index in [1.54, 1.807) is 13.3 Å².